The first-order valence-corrected chi connectivity index (χ1v) is 9.52. The van der Waals surface area contributed by atoms with E-state index in [2.05, 4.69) is 15.0 Å². The number of aryl methyl sites for hydroxylation is 1. The summed E-state index contributed by atoms with van der Waals surface area (Å²) in [5.41, 5.74) is 2.72. The zero-order chi connectivity index (χ0) is 18.1. The van der Waals surface area contributed by atoms with E-state index in [1.165, 1.54) is 22.7 Å². The minimum absolute atomic E-state index is 0.114. The molecule has 0 aliphatic carbocycles. The van der Waals surface area contributed by atoms with E-state index in [0.29, 0.717) is 16.0 Å². The van der Waals surface area contributed by atoms with Gasteiger partial charge in [-0.1, -0.05) is 29.8 Å². The Morgan fingerprint density at radius 1 is 1.15 bits per heavy atom. The minimum atomic E-state index is -0.548. The van der Waals surface area contributed by atoms with E-state index in [0.717, 1.165) is 16.1 Å². The monoisotopic (exact) mass is 383 g/mol. The van der Waals surface area contributed by atoms with Crippen LogP contribution in [-0.4, -0.2) is 20.9 Å². The molecule has 0 saturated carbocycles. The number of carbonyl (C=O) groups is 1. The predicted octanol–water partition coefficient (Wildman–Crippen LogP) is 3.77. The average Bonchev–Trinajstić information content (AvgIpc) is 3.30. The summed E-state index contributed by atoms with van der Waals surface area (Å²) < 4.78 is 5.80. The fourth-order valence-corrected chi connectivity index (χ4v) is 3.91. The van der Waals surface area contributed by atoms with E-state index in [4.69, 9.17) is 4.74 Å². The molecule has 3 heterocycles. The summed E-state index contributed by atoms with van der Waals surface area (Å²) in [4.78, 5) is 35.4. The fourth-order valence-electron chi connectivity index (χ4n) is 2.39. The van der Waals surface area contributed by atoms with Gasteiger partial charge in [0, 0.05) is 10.9 Å². The van der Waals surface area contributed by atoms with Crippen molar-refractivity contribution in [2.45, 2.75) is 13.5 Å². The lowest BCUT2D eigenvalue weighted by Gasteiger charge is -2.02. The Bertz CT molecular complexity index is 1140. The Morgan fingerprint density at radius 2 is 1.96 bits per heavy atom. The standard InChI is InChI=1S/C18H13N3O3S2/c1-10-2-4-11(5-3-10)17-20-13(9-26-17)18(23)24-8-14-19-12-6-7-25-15(12)16(22)21-14/h2-7,9H,8H2,1H3,(H,19,21,22). The van der Waals surface area contributed by atoms with Gasteiger partial charge in [0.1, 0.15) is 22.1 Å². The van der Waals surface area contributed by atoms with E-state index < -0.39 is 5.97 Å². The van der Waals surface area contributed by atoms with E-state index >= 15 is 0 Å². The molecule has 0 spiro atoms. The van der Waals surface area contributed by atoms with Gasteiger partial charge in [0.05, 0.1) is 5.52 Å². The third-order valence-electron chi connectivity index (χ3n) is 3.72. The Kier molecular flexibility index (Phi) is 4.36. The van der Waals surface area contributed by atoms with Crippen molar-refractivity contribution in [2.75, 3.05) is 0 Å². The van der Waals surface area contributed by atoms with Crippen molar-refractivity contribution in [1.29, 1.82) is 0 Å². The van der Waals surface area contributed by atoms with Gasteiger partial charge in [-0.2, -0.15) is 0 Å². The number of carbonyl (C=O) groups excluding carboxylic acids is 1. The fraction of sp³-hybridized carbons (Fsp3) is 0.111. The summed E-state index contributed by atoms with van der Waals surface area (Å²) in [6.45, 7) is 1.90. The molecular formula is C18H13N3O3S2. The number of hydrogen-bond donors (Lipinski definition) is 1. The van der Waals surface area contributed by atoms with Crippen LogP contribution in [0.25, 0.3) is 20.8 Å². The highest BCUT2D eigenvalue weighted by Gasteiger charge is 2.14. The third kappa shape index (κ3) is 3.29. The Labute approximate surface area is 156 Å². The van der Waals surface area contributed by atoms with Gasteiger partial charge in [0.25, 0.3) is 5.56 Å². The Balaban J connectivity index is 1.48. The highest BCUT2D eigenvalue weighted by atomic mass is 32.1. The lowest BCUT2D eigenvalue weighted by atomic mass is 10.2. The van der Waals surface area contributed by atoms with Crippen molar-refractivity contribution >= 4 is 38.9 Å². The summed E-state index contributed by atoms with van der Waals surface area (Å²) in [5.74, 6) is -0.240. The van der Waals surface area contributed by atoms with Crippen molar-refractivity contribution < 1.29 is 9.53 Å². The van der Waals surface area contributed by atoms with Crippen LogP contribution in [0.1, 0.15) is 21.9 Å². The Morgan fingerprint density at radius 3 is 2.77 bits per heavy atom. The molecule has 0 bridgehead atoms. The second-order valence-electron chi connectivity index (χ2n) is 5.63. The predicted molar refractivity (Wildman–Crippen MR) is 102 cm³/mol. The summed E-state index contributed by atoms with van der Waals surface area (Å²) >= 11 is 2.70. The second kappa shape index (κ2) is 6.81. The van der Waals surface area contributed by atoms with Crippen molar-refractivity contribution in [1.82, 2.24) is 15.0 Å². The molecule has 0 aliphatic rings. The van der Waals surface area contributed by atoms with Gasteiger partial charge in [0.15, 0.2) is 5.69 Å². The molecule has 0 aliphatic heterocycles. The number of nitrogens with one attached hydrogen (secondary N) is 1. The highest BCUT2D eigenvalue weighted by molar-refractivity contribution is 7.17. The maximum absolute atomic E-state index is 12.2. The molecule has 1 N–H and O–H groups in total. The molecule has 4 aromatic rings. The van der Waals surface area contributed by atoms with Crippen molar-refractivity contribution in [3.05, 3.63) is 68.5 Å². The number of benzene rings is 1. The largest absolute Gasteiger partial charge is 0.453 e. The van der Waals surface area contributed by atoms with Gasteiger partial charge in [0.2, 0.25) is 0 Å². The van der Waals surface area contributed by atoms with Gasteiger partial charge in [-0.25, -0.2) is 14.8 Å². The zero-order valence-electron chi connectivity index (χ0n) is 13.7. The van der Waals surface area contributed by atoms with Gasteiger partial charge in [-0.05, 0) is 18.4 Å². The van der Waals surface area contributed by atoms with Gasteiger partial charge in [-0.15, -0.1) is 22.7 Å². The number of nitrogens with zero attached hydrogens (tertiary/aromatic N) is 2. The summed E-state index contributed by atoms with van der Waals surface area (Å²) in [6, 6.07) is 9.69. The lowest BCUT2D eigenvalue weighted by molar-refractivity contribution is 0.0456. The molecule has 26 heavy (non-hydrogen) atoms. The van der Waals surface area contributed by atoms with Crippen LogP contribution < -0.4 is 5.56 Å². The maximum atomic E-state index is 12.2. The smallest absolute Gasteiger partial charge is 0.358 e. The first-order chi connectivity index (χ1) is 12.6. The van der Waals surface area contributed by atoms with E-state index in [1.54, 1.807) is 16.8 Å². The second-order valence-corrected chi connectivity index (χ2v) is 7.40. The van der Waals surface area contributed by atoms with Crippen molar-refractivity contribution in [3.8, 4) is 10.6 Å². The molecule has 1 aromatic carbocycles. The van der Waals surface area contributed by atoms with Gasteiger partial charge in [-0.3, -0.25) is 4.79 Å². The zero-order valence-corrected chi connectivity index (χ0v) is 15.3. The summed E-state index contributed by atoms with van der Waals surface area (Å²) in [7, 11) is 0. The highest BCUT2D eigenvalue weighted by Crippen LogP contribution is 2.24. The quantitative estimate of drug-likeness (QED) is 0.542. The van der Waals surface area contributed by atoms with Crippen LogP contribution in [0.3, 0.4) is 0 Å². The number of H-pyrrole nitrogens is 1. The molecule has 0 saturated heterocycles. The number of thiazole rings is 1. The number of hydrogen-bond acceptors (Lipinski definition) is 7. The molecule has 0 amide bonds. The van der Waals surface area contributed by atoms with Crippen LogP contribution in [0, 0.1) is 6.92 Å². The summed E-state index contributed by atoms with van der Waals surface area (Å²) in [6.07, 6.45) is 0. The van der Waals surface area contributed by atoms with Crippen LogP contribution in [-0.2, 0) is 11.3 Å². The normalized spacial score (nSPS) is 11.0. The lowest BCUT2D eigenvalue weighted by Crippen LogP contribution is -2.13. The van der Waals surface area contributed by atoms with E-state index in [-0.39, 0.29) is 17.9 Å². The third-order valence-corrected chi connectivity index (χ3v) is 5.51. The SMILES string of the molecule is Cc1ccc(-c2nc(C(=O)OCc3nc4ccsc4c(=O)[nH]3)cs2)cc1. The number of ether oxygens (including phenoxy) is 1. The molecule has 4 rings (SSSR count). The molecule has 8 heteroatoms. The number of thiophene rings is 1. The first-order valence-electron chi connectivity index (χ1n) is 7.76. The topological polar surface area (TPSA) is 84.9 Å². The van der Waals surface area contributed by atoms with Crippen LogP contribution in [0.2, 0.25) is 0 Å². The van der Waals surface area contributed by atoms with E-state index in [1.807, 2.05) is 31.2 Å². The van der Waals surface area contributed by atoms with Crippen LogP contribution >= 0.6 is 22.7 Å². The molecule has 0 fully saturated rings. The molecular weight excluding hydrogens is 370 g/mol. The molecule has 0 atom stereocenters. The van der Waals surface area contributed by atoms with Crippen molar-refractivity contribution in [2.24, 2.45) is 0 Å². The molecule has 0 unspecified atom stereocenters. The van der Waals surface area contributed by atoms with E-state index in [9.17, 15) is 9.59 Å². The number of rotatable bonds is 4. The van der Waals surface area contributed by atoms with Crippen LogP contribution in [0.15, 0.2) is 45.9 Å². The van der Waals surface area contributed by atoms with Crippen LogP contribution in [0.5, 0.6) is 0 Å². The molecule has 3 aromatic heterocycles. The number of fused-ring (bicyclic) bond motifs is 1. The average molecular weight is 383 g/mol. The number of esters is 1. The van der Waals surface area contributed by atoms with Gasteiger partial charge >= 0.3 is 5.97 Å². The van der Waals surface area contributed by atoms with Gasteiger partial charge < -0.3 is 9.72 Å². The minimum Gasteiger partial charge on any atom is -0.453 e. The van der Waals surface area contributed by atoms with Crippen molar-refractivity contribution in [3.63, 3.8) is 0 Å². The number of aromatic nitrogens is 3. The molecule has 6 nitrogen and oxygen atoms in total. The number of aromatic amines is 1. The maximum Gasteiger partial charge on any atom is 0.358 e. The summed E-state index contributed by atoms with van der Waals surface area (Å²) in [5, 5.41) is 4.21. The molecule has 130 valence electrons. The Hall–Kier alpha value is -2.84. The molecule has 0 radical (unpaired) electrons. The van der Waals surface area contributed by atoms with Crippen LogP contribution in [0.4, 0.5) is 0 Å². The first kappa shape index (κ1) is 16.6.